The van der Waals surface area contributed by atoms with Gasteiger partial charge in [0.2, 0.25) is 0 Å². The molecule has 0 aliphatic carbocycles. The van der Waals surface area contributed by atoms with Crippen molar-refractivity contribution in [3.8, 4) is 11.8 Å². The molecule has 14 heavy (non-hydrogen) atoms. The summed E-state index contributed by atoms with van der Waals surface area (Å²) in [5.41, 5.74) is 2.26. The van der Waals surface area contributed by atoms with Gasteiger partial charge in [0.1, 0.15) is 18.2 Å². The summed E-state index contributed by atoms with van der Waals surface area (Å²) in [5, 5.41) is 0. The Morgan fingerprint density at radius 1 is 1.36 bits per heavy atom. The number of rotatable bonds is 2. The van der Waals surface area contributed by atoms with Crippen LogP contribution in [0.15, 0.2) is 28.9 Å². The number of aryl methyl sites for hydroxylation is 2. The van der Waals surface area contributed by atoms with Crippen molar-refractivity contribution in [2.45, 2.75) is 13.8 Å². The first-order valence-electron chi connectivity index (χ1n) is 4.32. The van der Waals surface area contributed by atoms with Gasteiger partial charge in [0.25, 0.3) is 0 Å². The van der Waals surface area contributed by atoms with E-state index in [-0.39, 0.29) is 6.08 Å². The highest BCUT2D eigenvalue weighted by molar-refractivity contribution is 5.36. The zero-order valence-electron chi connectivity index (χ0n) is 8.07. The van der Waals surface area contributed by atoms with Crippen molar-refractivity contribution < 1.29 is 9.15 Å². The van der Waals surface area contributed by atoms with Gasteiger partial charge < -0.3 is 9.15 Å². The second-order valence-electron chi connectivity index (χ2n) is 3.11. The quantitative estimate of drug-likeness (QED) is 0.726. The Morgan fingerprint density at radius 2 is 2.21 bits per heavy atom. The van der Waals surface area contributed by atoms with Crippen LogP contribution in [0.25, 0.3) is 0 Å². The van der Waals surface area contributed by atoms with Crippen LogP contribution in [0, 0.1) is 20.0 Å². The maximum atomic E-state index is 5.40. The first kappa shape index (κ1) is 8.81. The van der Waals surface area contributed by atoms with E-state index in [4.69, 9.17) is 9.15 Å². The summed E-state index contributed by atoms with van der Waals surface area (Å²) < 4.78 is 10.3. The molecule has 0 amide bonds. The van der Waals surface area contributed by atoms with Crippen LogP contribution in [-0.2, 0) is 0 Å². The van der Waals surface area contributed by atoms with E-state index in [1.807, 2.05) is 32.0 Å². The van der Waals surface area contributed by atoms with Gasteiger partial charge in [0, 0.05) is 0 Å². The van der Waals surface area contributed by atoms with E-state index in [1.165, 1.54) is 11.8 Å². The third-order valence-electron chi connectivity index (χ3n) is 1.90. The summed E-state index contributed by atoms with van der Waals surface area (Å²) in [6.07, 6.45) is 4.12. The largest absolute Gasteiger partial charge is 0.417 e. The van der Waals surface area contributed by atoms with E-state index in [9.17, 15) is 0 Å². The molecule has 1 heterocycles. The van der Waals surface area contributed by atoms with Gasteiger partial charge in [-0.3, -0.25) is 0 Å². The van der Waals surface area contributed by atoms with Crippen LogP contribution in [0.1, 0.15) is 11.1 Å². The Balaban J connectivity index is 2.25. The predicted molar refractivity (Wildman–Crippen MR) is 51.3 cm³/mol. The van der Waals surface area contributed by atoms with Gasteiger partial charge in [-0.15, -0.1) is 0 Å². The summed E-state index contributed by atoms with van der Waals surface area (Å²) in [6.45, 7) is 4.02. The lowest BCUT2D eigenvalue weighted by Crippen LogP contribution is -1.87. The van der Waals surface area contributed by atoms with Gasteiger partial charge >= 0.3 is 6.08 Å². The van der Waals surface area contributed by atoms with Crippen molar-refractivity contribution in [2.75, 3.05) is 0 Å². The van der Waals surface area contributed by atoms with E-state index in [0.29, 0.717) is 0 Å². The van der Waals surface area contributed by atoms with Crippen molar-refractivity contribution in [3.63, 3.8) is 0 Å². The molecule has 1 aromatic heterocycles. The molecule has 0 atom stereocenters. The number of ether oxygens (including phenoxy) is 1. The van der Waals surface area contributed by atoms with Crippen LogP contribution in [0.5, 0.6) is 11.8 Å². The molecule has 1 aromatic carbocycles. The molecular weight excluding hydrogens is 178 g/mol. The van der Waals surface area contributed by atoms with E-state index in [2.05, 4.69) is 11.2 Å². The molecule has 0 aliphatic heterocycles. The summed E-state index contributed by atoms with van der Waals surface area (Å²) in [7, 11) is 0. The van der Waals surface area contributed by atoms with Crippen LogP contribution in [-0.4, -0.2) is 4.98 Å². The van der Waals surface area contributed by atoms with Gasteiger partial charge in [0.15, 0.2) is 0 Å². The molecule has 0 saturated heterocycles. The minimum Gasteiger partial charge on any atom is -0.417 e. The third kappa shape index (κ3) is 1.76. The third-order valence-corrected chi connectivity index (χ3v) is 1.90. The standard InChI is InChI=1S/C11H10NO2/c1-8-3-4-10(9(2)7-8)14-11-12-5-6-13-11/h3-4,6-7H,1-2H3. The van der Waals surface area contributed by atoms with Gasteiger partial charge in [-0.2, -0.15) is 4.98 Å². The van der Waals surface area contributed by atoms with Gasteiger partial charge in [-0.05, 0) is 25.5 Å². The Hall–Kier alpha value is -1.77. The minimum atomic E-state index is 0.219. The maximum absolute atomic E-state index is 5.40. The number of oxazole rings is 1. The first-order valence-corrected chi connectivity index (χ1v) is 4.32. The number of hydrogen-bond acceptors (Lipinski definition) is 3. The fourth-order valence-corrected chi connectivity index (χ4v) is 1.24. The predicted octanol–water partition coefficient (Wildman–Crippen LogP) is 2.88. The first-order chi connectivity index (χ1) is 6.75. The van der Waals surface area contributed by atoms with Gasteiger partial charge in [-0.1, -0.05) is 17.7 Å². The smallest absolute Gasteiger partial charge is 0.399 e. The Kier molecular flexibility index (Phi) is 2.23. The van der Waals surface area contributed by atoms with Crippen LogP contribution < -0.4 is 4.74 Å². The van der Waals surface area contributed by atoms with Crippen LogP contribution in [0.2, 0.25) is 0 Å². The molecule has 0 aliphatic rings. The highest BCUT2D eigenvalue weighted by Gasteiger charge is 2.04. The lowest BCUT2D eigenvalue weighted by atomic mass is 10.1. The number of aromatic nitrogens is 1. The Labute approximate surface area is 82.3 Å². The van der Waals surface area contributed by atoms with Crippen LogP contribution in [0.3, 0.4) is 0 Å². The molecule has 3 nitrogen and oxygen atoms in total. The number of benzene rings is 1. The van der Waals surface area contributed by atoms with Crippen molar-refractivity contribution >= 4 is 0 Å². The normalized spacial score (nSPS) is 10.1. The SMILES string of the molecule is Cc1ccc(Oc2n[c]co2)c(C)c1. The van der Waals surface area contributed by atoms with Crippen LogP contribution in [0.4, 0.5) is 0 Å². The van der Waals surface area contributed by atoms with E-state index < -0.39 is 0 Å². The molecular formula is C11H10NO2. The molecule has 1 radical (unpaired) electrons. The summed E-state index contributed by atoms with van der Waals surface area (Å²) in [5.74, 6) is 0.756. The molecule has 0 spiro atoms. The van der Waals surface area contributed by atoms with E-state index in [0.717, 1.165) is 11.3 Å². The van der Waals surface area contributed by atoms with E-state index >= 15 is 0 Å². The molecule has 0 N–H and O–H groups in total. The Morgan fingerprint density at radius 3 is 2.86 bits per heavy atom. The van der Waals surface area contributed by atoms with Crippen molar-refractivity contribution in [2.24, 2.45) is 0 Å². The van der Waals surface area contributed by atoms with Gasteiger partial charge in [-0.25, -0.2) is 0 Å². The molecule has 2 rings (SSSR count). The molecule has 0 fully saturated rings. The lowest BCUT2D eigenvalue weighted by molar-refractivity contribution is 0.329. The maximum Gasteiger partial charge on any atom is 0.399 e. The van der Waals surface area contributed by atoms with Crippen molar-refractivity contribution in [1.82, 2.24) is 4.98 Å². The number of nitrogens with zero attached hydrogens (tertiary/aromatic N) is 1. The zero-order valence-corrected chi connectivity index (χ0v) is 8.07. The van der Waals surface area contributed by atoms with E-state index in [1.54, 1.807) is 0 Å². The molecule has 0 saturated carbocycles. The summed E-state index contributed by atoms with van der Waals surface area (Å²) in [6, 6.07) is 5.92. The lowest BCUT2D eigenvalue weighted by Gasteiger charge is -2.04. The molecule has 0 unspecified atom stereocenters. The monoisotopic (exact) mass is 188 g/mol. The molecule has 2 aromatic rings. The van der Waals surface area contributed by atoms with Gasteiger partial charge in [0.05, 0.1) is 0 Å². The molecule has 0 bridgehead atoms. The van der Waals surface area contributed by atoms with Crippen molar-refractivity contribution in [3.05, 3.63) is 41.8 Å². The minimum absolute atomic E-state index is 0.219. The zero-order chi connectivity index (χ0) is 9.97. The van der Waals surface area contributed by atoms with Crippen molar-refractivity contribution in [1.29, 1.82) is 0 Å². The van der Waals surface area contributed by atoms with Crippen LogP contribution >= 0.6 is 0 Å². The average molecular weight is 188 g/mol. The second kappa shape index (κ2) is 3.54. The average Bonchev–Trinajstić information content (AvgIpc) is 2.62. The Bertz CT molecular complexity index is 421. The highest BCUT2D eigenvalue weighted by Crippen LogP contribution is 2.23. The summed E-state index contributed by atoms with van der Waals surface area (Å²) in [4.78, 5) is 3.76. The highest BCUT2D eigenvalue weighted by atomic mass is 16.6. The summed E-state index contributed by atoms with van der Waals surface area (Å²) >= 11 is 0. The number of hydrogen-bond donors (Lipinski definition) is 0. The fourth-order valence-electron chi connectivity index (χ4n) is 1.24. The second-order valence-corrected chi connectivity index (χ2v) is 3.11. The molecule has 71 valence electrons. The topological polar surface area (TPSA) is 35.3 Å². The molecule has 3 heteroatoms. The fraction of sp³-hybridized carbons (Fsp3) is 0.182.